The number of carbonyl (C=O) groups excluding carboxylic acids is 3. The van der Waals surface area contributed by atoms with Crippen LogP contribution in [0.5, 0.6) is 5.75 Å². The van der Waals surface area contributed by atoms with Gasteiger partial charge in [0.25, 0.3) is 0 Å². The van der Waals surface area contributed by atoms with Crippen LogP contribution < -0.4 is 10.1 Å². The number of carbonyl (C=O) groups is 3. The van der Waals surface area contributed by atoms with Gasteiger partial charge in [0.1, 0.15) is 19.0 Å². The summed E-state index contributed by atoms with van der Waals surface area (Å²) in [5.74, 6) is -1.12. The number of amides is 1. The first-order valence-corrected chi connectivity index (χ1v) is 15.6. The number of nitrogens with one attached hydrogen (secondary N) is 1. The summed E-state index contributed by atoms with van der Waals surface area (Å²) in [5, 5.41) is 2.81. The summed E-state index contributed by atoms with van der Waals surface area (Å²) >= 11 is 0. The first kappa shape index (κ1) is 29.4. The molecular formula is C27H41NO7Si. The third kappa shape index (κ3) is 7.59. The summed E-state index contributed by atoms with van der Waals surface area (Å²) in [4.78, 5) is 37.5. The Balaban J connectivity index is 1.94. The summed E-state index contributed by atoms with van der Waals surface area (Å²) in [7, 11) is -0.0148. The standard InChI is InChI=1S/C27H41NO7Si/c1-6-21-18-27(21,24(29)32-5)25(30)34-20-23(19-33-22-14-11-10-12-15-22)35-26(31)28-16-13-17-36(7-2,8-3)9-4/h6,10-12,14-15,21,23H,1,7-9,13,16-20H2,2-5H3,(H,28,31). The fourth-order valence-electron chi connectivity index (χ4n) is 4.55. The van der Waals surface area contributed by atoms with Gasteiger partial charge in [-0.3, -0.25) is 9.59 Å². The van der Waals surface area contributed by atoms with Gasteiger partial charge in [0.2, 0.25) is 0 Å². The van der Waals surface area contributed by atoms with Crippen LogP contribution in [0.15, 0.2) is 43.0 Å². The number of para-hydroxylation sites is 1. The molecule has 1 fully saturated rings. The molecule has 0 heterocycles. The smallest absolute Gasteiger partial charge is 0.407 e. The Morgan fingerprint density at radius 2 is 1.78 bits per heavy atom. The average Bonchev–Trinajstić information content (AvgIpc) is 3.66. The molecule has 1 saturated carbocycles. The van der Waals surface area contributed by atoms with E-state index in [1.807, 2.05) is 18.2 Å². The summed E-state index contributed by atoms with van der Waals surface area (Å²) in [6.45, 7) is 10.7. The maximum Gasteiger partial charge on any atom is 0.407 e. The van der Waals surface area contributed by atoms with Crippen LogP contribution in [0, 0.1) is 11.3 Å². The Morgan fingerprint density at radius 3 is 2.33 bits per heavy atom. The van der Waals surface area contributed by atoms with E-state index in [-0.39, 0.29) is 25.6 Å². The highest BCUT2D eigenvalue weighted by Gasteiger charge is 2.67. The van der Waals surface area contributed by atoms with Crippen molar-refractivity contribution in [1.29, 1.82) is 0 Å². The predicted molar refractivity (Wildman–Crippen MR) is 141 cm³/mol. The molecule has 3 atom stereocenters. The van der Waals surface area contributed by atoms with Crippen molar-refractivity contribution in [2.75, 3.05) is 26.9 Å². The Morgan fingerprint density at radius 1 is 1.11 bits per heavy atom. The minimum Gasteiger partial charge on any atom is -0.490 e. The molecule has 1 aliphatic rings. The molecule has 2 rings (SSSR count). The second-order valence-corrected chi connectivity index (χ2v) is 15.0. The molecular weight excluding hydrogens is 478 g/mol. The zero-order valence-corrected chi connectivity index (χ0v) is 23.0. The number of rotatable bonds is 16. The molecule has 0 radical (unpaired) electrons. The topological polar surface area (TPSA) is 100 Å². The van der Waals surface area contributed by atoms with Crippen molar-refractivity contribution in [2.24, 2.45) is 11.3 Å². The van der Waals surface area contributed by atoms with Crippen molar-refractivity contribution in [1.82, 2.24) is 5.32 Å². The van der Waals surface area contributed by atoms with Gasteiger partial charge in [0, 0.05) is 12.5 Å². The van der Waals surface area contributed by atoms with E-state index in [0.717, 1.165) is 12.5 Å². The van der Waals surface area contributed by atoms with Crippen LogP contribution >= 0.6 is 0 Å². The summed E-state index contributed by atoms with van der Waals surface area (Å²) in [6, 6.07) is 14.0. The molecule has 0 spiro atoms. The van der Waals surface area contributed by atoms with Gasteiger partial charge >= 0.3 is 18.0 Å². The first-order chi connectivity index (χ1) is 17.3. The molecule has 1 N–H and O–H groups in total. The lowest BCUT2D eigenvalue weighted by Gasteiger charge is -2.28. The molecule has 0 bridgehead atoms. The molecule has 0 aromatic heterocycles. The highest BCUT2D eigenvalue weighted by atomic mass is 28.3. The lowest BCUT2D eigenvalue weighted by Crippen LogP contribution is -2.38. The Bertz CT molecular complexity index is 866. The third-order valence-corrected chi connectivity index (χ3v) is 13.4. The number of hydrogen-bond donors (Lipinski definition) is 1. The minimum absolute atomic E-state index is 0.0155. The van der Waals surface area contributed by atoms with Crippen molar-refractivity contribution in [3.8, 4) is 5.75 Å². The molecule has 1 amide bonds. The fraction of sp³-hybridized carbons (Fsp3) is 0.593. The maximum atomic E-state index is 12.8. The van der Waals surface area contributed by atoms with E-state index in [9.17, 15) is 14.4 Å². The first-order valence-electron chi connectivity index (χ1n) is 12.8. The molecule has 36 heavy (non-hydrogen) atoms. The van der Waals surface area contributed by atoms with Crippen molar-refractivity contribution >= 4 is 26.1 Å². The summed E-state index contributed by atoms with van der Waals surface area (Å²) in [5.41, 5.74) is -1.38. The largest absolute Gasteiger partial charge is 0.490 e. The second-order valence-electron chi connectivity index (χ2n) is 9.35. The number of benzene rings is 1. The molecule has 9 heteroatoms. The number of esters is 2. The van der Waals surface area contributed by atoms with E-state index in [4.69, 9.17) is 18.9 Å². The van der Waals surface area contributed by atoms with Gasteiger partial charge < -0.3 is 24.3 Å². The SMILES string of the molecule is C=CC1CC1(C(=O)OC)C(=O)OCC(COc1ccccc1)OC(=O)NCCC[Si](CC)(CC)CC. The third-order valence-electron chi connectivity index (χ3n) is 7.47. The van der Waals surface area contributed by atoms with Crippen molar-refractivity contribution in [3.63, 3.8) is 0 Å². The summed E-state index contributed by atoms with van der Waals surface area (Å²) in [6.07, 6.45) is 1.28. The van der Waals surface area contributed by atoms with Crippen LogP contribution in [0.4, 0.5) is 4.79 Å². The zero-order valence-electron chi connectivity index (χ0n) is 22.0. The number of alkyl carbamates (subject to hydrolysis) is 1. The van der Waals surface area contributed by atoms with Crippen LogP contribution in [-0.2, 0) is 23.8 Å². The number of hydrogen-bond acceptors (Lipinski definition) is 7. The van der Waals surface area contributed by atoms with Crippen LogP contribution in [0.1, 0.15) is 33.6 Å². The molecule has 0 saturated heterocycles. The van der Waals surface area contributed by atoms with Crippen LogP contribution in [0.25, 0.3) is 0 Å². The zero-order chi connectivity index (χ0) is 26.6. The van der Waals surface area contributed by atoms with E-state index in [2.05, 4.69) is 32.7 Å². The highest BCUT2D eigenvalue weighted by molar-refractivity contribution is 6.79. The van der Waals surface area contributed by atoms with Crippen LogP contribution in [0.3, 0.4) is 0 Å². The van der Waals surface area contributed by atoms with E-state index in [0.29, 0.717) is 12.3 Å². The lowest BCUT2D eigenvalue weighted by molar-refractivity contribution is -0.165. The summed E-state index contributed by atoms with van der Waals surface area (Å²) < 4.78 is 21.5. The van der Waals surface area contributed by atoms with E-state index in [1.165, 1.54) is 25.2 Å². The van der Waals surface area contributed by atoms with Gasteiger partial charge in [0.15, 0.2) is 11.5 Å². The number of methoxy groups -OCH3 is 1. The quantitative estimate of drug-likeness (QED) is 0.0822. The van der Waals surface area contributed by atoms with E-state index in [1.54, 1.807) is 18.2 Å². The van der Waals surface area contributed by atoms with E-state index >= 15 is 0 Å². The van der Waals surface area contributed by atoms with Gasteiger partial charge in [0.05, 0.1) is 15.2 Å². The monoisotopic (exact) mass is 519 g/mol. The average molecular weight is 520 g/mol. The lowest BCUT2D eigenvalue weighted by atomic mass is 10.0. The predicted octanol–water partition coefficient (Wildman–Crippen LogP) is 4.97. The molecule has 1 aromatic rings. The van der Waals surface area contributed by atoms with Gasteiger partial charge in [-0.1, -0.05) is 69.2 Å². The van der Waals surface area contributed by atoms with Crippen molar-refractivity contribution in [2.45, 2.75) is 63.9 Å². The molecule has 0 aliphatic heterocycles. The minimum atomic E-state index is -1.38. The van der Waals surface area contributed by atoms with Gasteiger partial charge in [-0.2, -0.15) is 0 Å². The molecule has 8 nitrogen and oxygen atoms in total. The van der Waals surface area contributed by atoms with Crippen molar-refractivity contribution < 1.29 is 33.3 Å². The number of ether oxygens (including phenoxy) is 4. The second kappa shape index (κ2) is 14.1. The fourth-order valence-corrected chi connectivity index (χ4v) is 8.04. The molecule has 1 aliphatic carbocycles. The molecule has 3 unspecified atom stereocenters. The maximum absolute atomic E-state index is 12.8. The van der Waals surface area contributed by atoms with E-state index < -0.39 is 37.6 Å². The van der Waals surface area contributed by atoms with Crippen LogP contribution in [0.2, 0.25) is 24.2 Å². The highest BCUT2D eigenvalue weighted by Crippen LogP contribution is 2.55. The Hall–Kier alpha value is -2.81. The molecule has 1 aromatic carbocycles. The van der Waals surface area contributed by atoms with Gasteiger partial charge in [-0.15, -0.1) is 6.58 Å². The molecule has 200 valence electrons. The Kier molecular flexibility index (Phi) is 11.5. The van der Waals surface area contributed by atoms with Gasteiger partial charge in [-0.05, 0) is 25.0 Å². The number of allylic oxidation sites excluding steroid dienone is 1. The van der Waals surface area contributed by atoms with Crippen LogP contribution in [-0.4, -0.2) is 59.1 Å². The van der Waals surface area contributed by atoms with Crippen molar-refractivity contribution in [3.05, 3.63) is 43.0 Å². The normalized spacial score (nSPS) is 19.5. The Labute approximate surface area is 215 Å². The van der Waals surface area contributed by atoms with Gasteiger partial charge in [-0.25, -0.2) is 4.79 Å².